The molecule has 0 fully saturated rings. The highest BCUT2D eigenvalue weighted by Crippen LogP contribution is 2.02. The Labute approximate surface area is 95.7 Å². The van der Waals surface area contributed by atoms with Crippen LogP contribution in [0.25, 0.3) is 0 Å². The van der Waals surface area contributed by atoms with E-state index in [1.54, 1.807) is 0 Å². The molecule has 0 aromatic carbocycles. The summed E-state index contributed by atoms with van der Waals surface area (Å²) < 4.78 is 24.9. The number of carboxylic acid groups (broad SMARTS) is 1. The van der Waals surface area contributed by atoms with Gasteiger partial charge in [-0.25, -0.2) is 17.9 Å². The Morgan fingerprint density at radius 2 is 1.88 bits per heavy atom. The topological polar surface area (TPSA) is 104 Å². The van der Waals surface area contributed by atoms with Gasteiger partial charge < -0.3 is 10.2 Å². The van der Waals surface area contributed by atoms with Crippen molar-refractivity contribution < 1.29 is 23.4 Å². The van der Waals surface area contributed by atoms with Crippen molar-refractivity contribution in [1.82, 2.24) is 4.72 Å². The number of hydrogen-bond acceptors (Lipinski definition) is 4. The SMILES string of the molecule is CC(C)CCS(=O)(=O)NCCC(O)C(=O)O. The highest BCUT2D eigenvalue weighted by Gasteiger charge is 2.15. The fourth-order valence-corrected chi connectivity index (χ4v) is 2.29. The molecular formula is C9H19NO5S. The van der Waals surface area contributed by atoms with Crippen LogP contribution in [0.4, 0.5) is 0 Å². The van der Waals surface area contributed by atoms with Crippen molar-refractivity contribution in [2.75, 3.05) is 12.3 Å². The third-order valence-corrected chi connectivity index (χ3v) is 3.41. The summed E-state index contributed by atoms with van der Waals surface area (Å²) in [5.74, 6) is -1.03. The van der Waals surface area contributed by atoms with E-state index in [0.29, 0.717) is 12.3 Å². The lowest BCUT2D eigenvalue weighted by Gasteiger charge is -2.09. The van der Waals surface area contributed by atoms with Gasteiger partial charge in [0.25, 0.3) is 0 Å². The number of nitrogens with one attached hydrogen (secondary N) is 1. The Hall–Kier alpha value is -0.660. The zero-order chi connectivity index (χ0) is 12.8. The van der Waals surface area contributed by atoms with Crippen LogP contribution >= 0.6 is 0 Å². The van der Waals surface area contributed by atoms with Crippen molar-refractivity contribution in [2.45, 2.75) is 32.8 Å². The third-order valence-electron chi connectivity index (χ3n) is 1.99. The fraction of sp³-hybridized carbons (Fsp3) is 0.889. The van der Waals surface area contributed by atoms with E-state index in [1.807, 2.05) is 13.8 Å². The van der Waals surface area contributed by atoms with Gasteiger partial charge in [0.2, 0.25) is 10.0 Å². The van der Waals surface area contributed by atoms with Crippen molar-refractivity contribution >= 4 is 16.0 Å². The summed E-state index contributed by atoms with van der Waals surface area (Å²) in [5, 5.41) is 17.3. The van der Waals surface area contributed by atoms with Gasteiger partial charge in [0.05, 0.1) is 5.75 Å². The summed E-state index contributed by atoms with van der Waals surface area (Å²) in [6.45, 7) is 3.78. The molecule has 0 spiro atoms. The van der Waals surface area contributed by atoms with Gasteiger partial charge in [0, 0.05) is 6.54 Å². The zero-order valence-corrected chi connectivity index (χ0v) is 10.3. The molecule has 0 aliphatic carbocycles. The average molecular weight is 253 g/mol. The van der Waals surface area contributed by atoms with Crippen molar-refractivity contribution in [3.63, 3.8) is 0 Å². The van der Waals surface area contributed by atoms with E-state index in [1.165, 1.54) is 0 Å². The molecule has 0 aromatic rings. The third kappa shape index (κ3) is 7.61. The molecule has 0 bridgehead atoms. The molecule has 1 unspecified atom stereocenters. The van der Waals surface area contributed by atoms with Crippen LogP contribution in [-0.2, 0) is 14.8 Å². The minimum atomic E-state index is -3.35. The second-order valence-electron chi connectivity index (χ2n) is 4.04. The highest BCUT2D eigenvalue weighted by molar-refractivity contribution is 7.89. The molecule has 16 heavy (non-hydrogen) atoms. The average Bonchev–Trinajstić information content (AvgIpc) is 2.14. The van der Waals surface area contributed by atoms with Gasteiger partial charge in [-0.3, -0.25) is 0 Å². The lowest BCUT2D eigenvalue weighted by Crippen LogP contribution is -2.31. The molecule has 0 radical (unpaired) electrons. The Bertz CT molecular complexity index is 312. The largest absolute Gasteiger partial charge is 0.479 e. The van der Waals surface area contributed by atoms with Crippen LogP contribution in [0.3, 0.4) is 0 Å². The molecule has 0 aromatic heterocycles. The minimum Gasteiger partial charge on any atom is -0.479 e. The van der Waals surface area contributed by atoms with E-state index in [0.717, 1.165) is 0 Å². The number of carboxylic acids is 1. The predicted octanol–water partition coefficient (Wildman–Crippen LogP) is -0.212. The summed E-state index contributed by atoms with van der Waals surface area (Å²) in [6, 6.07) is 0. The summed E-state index contributed by atoms with van der Waals surface area (Å²) in [5.41, 5.74) is 0. The van der Waals surface area contributed by atoms with Gasteiger partial charge in [0.15, 0.2) is 6.10 Å². The van der Waals surface area contributed by atoms with Crippen LogP contribution in [0.1, 0.15) is 26.7 Å². The van der Waals surface area contributed by atoms with E-state index in [2.05, 4.69) is 4.72 Å². The number of carbonyl (C=O) groups is 1. The molecule has 3 N–H and O–H groups in total. The van der Waals surface area contributed by atoms with E-state index < -0.39 is 22.1 Å². The summed E-state index contributed by atoms with van der Waals surface area (Å²) in [6.07, 6.45) is -1.10. The van der Waals surface area contributed by atoms with Gasteiger partial charge in [-0.1, -0.05) is 13.8 Å². The van der Waals surface area contributed by atoms with Gasteiger partial charge in [0.1, 0.15) is 0 Å². The van der Waals surface area contributed by atoms with Crippen LogP contribution in [0.15, 0.2) is 0 Å². The number of sulfonamides is 1. The Morgan fingerprint density at radius 3 is 2.31 bits per heavy atom. The fourth-order valence-electron chi connectivity index (χ4n) is 0.938. The summed E-state index contributed by atoms with van der Waals surface area (Å²) in [4.78, 5) is 10.2. The Morgan fingerprint density at radius 1 is 1.31 bits per heavy atom. The van der Waals surface area contributed by atoms with Gasteiger partial charge in [-0.2, -0.15) is 0 Å². The molecule has 0 aliphatic heterocycles. The minimum absolute atomic E-state index is 0.0217. The normalized spacial score (nSPS) is 14.0. The second kappa shape index (κ2) is 6.82. The van der Waals surface area contributed by atoms with Crippen LogP contribution in [-0.4, -0.2) is 43.0 Å². The maximum absolute atomic E-state index is 11.3. The molecule has 0 saturated heterocycles. The molecule has 0 saturated carbocycles. The first kappa shape index (κ1) is 15.3. The van der Waals surface area contributed by atoms with Gasteiger partial charge in [-0.15, -0.1) is 0 Å². The lowest BCUT2D eigenvalue weighted by atomic mass is 10.2. The van der Waals surface area contributed by atoms with Crippen molar-refractivity contribution in [3.8, 4) is 0 Å². The van der Waals surface area contributed by atoms with Gasteiger partial charge >= 0.3 is 5.97 Å². The highest BCUT2D eigenvalue weighted by atomic mass is 32.2. The van der Waals surface area contributed by atoms with Crippen molar-refractivity contribution in [1.29, 1.82) is 0 Å². The Balaban J connectivity index is 3.87. The Kier molecular flexibility index (Phi) is 6.54. The number of aliphatic hydroxyl groups excluding tert-OH is 1. The number of hydrogen-bond donors (Lipinski definition) is 3. The number of rotatable bonds is 8. The molecule has 0 rings (SSSR count). The number of aliphatic carboxylic acids is 1. The predicted molar refractivity (Wildman–Crippen MR) is 59.5 cm³/mol. The van der Waals surface area contributed by atoms with E-state index >= 15 is 0 Å². The molecule has 0 heterocycles. The maximum atomic E-state index is 11.3. The molecular weight excluding hydrogens is 234 g/mol. The molecule has 6 nitrogen and oxygen atoms in total. The van der Waals surface area contributed by atoms with Crippen molar-refractivity contribution in [2.24, 2.45) is 5.92 Å². The monoisotopic (exact) mass is 253 g/mol. The summed E-state index contributed by atoms with van der Waals surface area (Å²) >= 11 is 0. The molecule has 0 amide bonds. The van der Waals surface area contributed by atoms with Crippen molar-refractivity contribution in [3.05, 3.63) is 0 Å². The lowest BCUT2D eigenvalue weighted by molar-refractivity contribution is -0.146. The molecule has 1 atom stereocenters. The smallest absolute Gasteiger partial charge is 0.332 e. The molecule has 96 valence electrons. The first-order valence-corrected chi connectivity index (χ1v) is 6.78. The van der Waals surface area contributed by atoms with Crippen LogP contribution in [0.5, 0.6) is 0 Å². The van der Waals surface area contributed by atoms with Crippen LogP contribution in [0.2, 0.25) is 0 Å². The van der Waals surface area contributed by atoms with Crippen LogP contribution in [0, 0.1) is 5.92 Å². The van der Waals surface area contributed by atoms with Gasteiger partial charge in [-0.05, 0) is 18.8 Å². The standard InChI is InChI=1S/C9H19NO5S/c1-7(2)4-6-16(14,15)10-5-3-8(11)9(12)13/h7-8,10-11H,3-6H2,1-2H3,(H,12,13). The molecule has 0 aliphatic rings. The van der Waals surface area contributed by atoms with E-state index in [-0.39, 0.29) is 18.7 Å². The first-order valence-electron chi connectivity index (χ1n) is 5.13. The first-order chi connectivity index (χ1) is 7.24. The van der Waals surface area contributed by atoms with E-state index in [9.17, 15) is 13.2 Å². The summed E-state index contributed by atoms with van der Waals surface area (Å²) in [7, 11) is -3.35. The molecule has 7 heteroatoms. The zero-order valence-electron chi connectivity index (χ0n) is 9.51. The second-order valence-corrected chi connectivity index (χ2v) is 5.96. The van der Waals surface area contributed by atoms with Crippen LogP contribution < -0.4 is 4.72 Å². The quantitative estimate of drug-likeness (QED) is 0.555. The van der Waals surface area contributed by atoms with E-state index in [4.69, 9.17) is 10.2 Å². The maximum Gasteiger partial charge on any atom is 0.332 e. The number of aliphatic hydroxyl groups is 1.